The van der Waals surface area contributed by atoms with Crippen LogP contribution in [0.3, 0.4) is 0 Å². The summed E-state index contributed by atoms with van der Waals surface area (Å²) in [5.74, 6) is 0.152. The van der Waals surface area contributed by atoms with Gasteiger partial charge in [-0.3, -0.25) is 9.59 Å². The first kappa shape index (κ1) is 14.3. The topological polar surface area (TPSA) is 78.9 Å². The normalized spacial score (nSPS) is 14.8. The third-order valence-corrected chi connectivity index (χ3v) is 3.09. The van der Waals surface area contributed by atoms with Crippen molar-refractivity contribution in [2.24, 2.45) is 0 Å². The lowest BCUT2D eigenvalue weighted by Crippen LogP contribution is -2.30. The van der Waals surface area contributed by atoms with Crippen LogP contribution >= 0.6 is 0 Å². The standard InChI is InChI=1S/C14H18N2O4/c1-9(17)5-6-16(2)14(19)10-3-4-11-12(7-10)20-8-13(18)15-11/h3-4,7,9,17H,5-6,8H2,1-2H3,(H,15,18). The van der Waals surface area contributed by atoms with E-state index in [1.807, 2.05) is 0 Å². The van der Waals surface area contributed by atoms with Crippen molar-refractivity contribution < 1.29 is 19.4 Å². The third-order valence-electron chi connectivity index (χ3n) is 3.09. The van der Waals surface area contributed by atoms with Gasteiger partial charge in [0, 0.05) is 19.2 Å². The molecule has 0 aromatic heterocycles. The lowest BCUT2D eigenvalue weighted by molar-refractivity contribution is -0.118. The summed E-state index contributed by atoms with van der Waals surface area (Å²) in [6.07, 6.45) is 0.0899. The number of carbonyl (C=O) groups excluding carboxylic acids is 2. The van der Waals surface area contributed by atoms with Gasteiger partial charge in [0.1, 0.15) is 5.75 Å². The second-order valence-corrected chi connectivity index (χ2v) is 4.91. The molecule has 1 heterocycles. The quantitative estimate of drug-likeness (QED) is 0.856. The minimum atomic E-state index is -0.438. The number of aliphatic hydroxyl groups is 1. The van der Waals surface area contributed by atoms with E-state index in [4.69, 9.17) is 4.74 Å². The van der Waals surface area contributed by atoms with Crippen molar-refractivity contribution in [3.8, 4) is 5.75 Å². The maximum absolute atomic E-state index is 12.2. The van der Waals surface area contributed by atoms with Crippen LogP contribution in [0.15, 0.2) is 18.2 Å². The number of benzene rings is 1. The highest BCUT2D eigenvalue weighted by Crippen LogP contribution is 2.28. The fourth-order valence-corrected chi connectivity index (χ4v) is 1.91. The first-order valence-corrected chi connectivity index (χ1v) is 6.47. The number of nitrogens with one attached hydrogen (secondary N) is 1. The molecule has 0 aliphatic carbocycles. The first-order valence-electron chi connectivity index (χ1n) is 6.47. The summed E-state index contributed by atoms with van der Waals surface area (Å²) >= 11 is 0. The Labute approximate surface area is 117 Å². The molecule has 0 bridgehead atoms. The number of aliphatic hydroxyl groups excluding tert-OH is 1. The van der Waals surface area contributed by atoms with Crippen LogP contribution in [0.1, 0.15) is 23.7 Å². The minimum Gasteiger partial charge on any atom is -0.482 e. The van der Waals surface area contributed by atoms with Gasteiger partial charge in [0.15, 0.2) is 6.61 Å². The molecule has 1 aromatic carbocycles. The van der Waals surface area contributed by atoms with Gasteiger partial charge in [-0.1, -0.05) is 0 Å². The van der Waals surface area contributed by atoms with Crippen LogP contribution in [0, 0.1) is 0 Å². The molecule has 0 spiro atoms. The zero-order valence-corrected chi connectivity index (χ0v) is 11.5. The summed E-state index contributed by atoms with van der Waals surface area (Å²) in [6, 6.07) is 4.92. The minimum absolute atomic E-state index is 0.0392. The fourth-order valence-electron chi connectivity index (χ4n) is 1.91. The van der Waals surface area contributed by atoms with Gasteiger partial charge in [0.05, 0.1) is 11.8 Å². The number of hydrogen-bond acceptors (Lipinski definition) is 4. The molecule has 1 aliphatic heterocycles. The number of carbonyl (C=O) groups is 2. The summed E-state index contributed by atoms with van der Waals surface area (Å²) in [5, 5.41) is 11.9. The molecular formula is C14H18N2O4. The maximum atomic E-state index is 12.2. The molecule has 0 saturated carbocycles. The van der Waals surface area contributed by atoms with Crippen molar-refractivity contribution in [1.29, 1.82) is 0 Å². The number of amides is 2. The Balaban J connectivity index is 2.09. The monoisotopic (exact) mass is 278 g/mol. The van der Waals surface area contributed by atoms with Crippen molar-refractivity contribution in [3.63, 3.8) is 0 Å². The molecule has 108 valence electrons. The van der Waals surface area contributed by atoms with E-state index in [-0.39, 0.29) is 18.4 Å². The predicted octanol–water partition coefficient (Wildman–Crippen LogP) is 0.860. The zero-order valence-electron chi connectivity index (χ0n) is 11.5. The number of rotatable bonds is 4. The molecule has 6 nitrogen and oxygen atoms in total. The van der Waals surface area contributed by atoms with Gasteiger partial charge < -0.3 is 20.1 Å². The van der Waals surface area contributed by atoms with E-state index in [2.05, 4.69) is 5.32 Å². The van der Waals surface area contributed by atoms with E-state index >= 15 is 0 Å². The fraction of sp³-hybridized carbons (Fsp3) is 0.429. The molecule has 2 rings (SSSR count). The van der Waals surface area contributed by atoms with Crippen molar-refractivity contribution >= 4 is 17.5 Å². The Morgan fingerprint density at radius 2 is 2.30 bits per heavy atom. The molecule has 0 saturated heterocycles. The van der Waals surface area contributed by atoms with E-state index in [1.54, 1.807) is 37.1 Å². The van der Waals surface area contributed by atoms with Crippen molar-refractivity contribution in [2.75, 3.05) is 25.5 Å². The molecule has 2 N–H and O–H groups in total. The molecule has 20 heavy (non-hydrogen) atoms. The van der Waals surface area contributed by atoms with Crippen molar-refractivity contribution in [1.82, 2.24) is 4.90 Å². The van der Waals surface area contributed by atoms with E-state index < -0.39 is 6.10 Å². The number of nitrogens with zero attached hydrogens (tertiary/aromatic N) is 1. The van der Waals surface area contributed by atoms with Gasteiger partial charge in [-0.15, -0.1) is 0 Å². The Hall–Kier alpha value is -2.08. The maximum Gasteiger partial charge on any atom is 0.262 e. The van der Waals surface area contributed by atoms with Crippen LogP contribution in [-0.4, -0.2) is 48.1 Å². The highest BCUT2D eigenvalue weighted by Gasteiger charge is 2.19. The first-order chi connectivity index (χ1) is 9.47. The van der Waals surface area contributed by atoms with Gasteiger partial charge >= 0.3 is 0 Å². The van der Waals surface area contributed by atoms with E-state index in [1.165, 1.54) is 0 Å². The van der Waals surface area contributed by atoms with Gasteiger partial charge in [0.25, 0.3) is 11.8 Å². The molecule has 1 aromatic rings. The molecule has 1 aliphatic rings. The number of hydrogen-bond donors (Lipinski definition) is 2. The summed E-state index contributed by atoms with van der Waals surface area (Å²) in [4.78, 5) is 24.9. The highest BCUT2D eigenvalue weighted by molar-refractivity contribution is 5.98. The van der Waals surface area contributed by atoms with Crippen LogP contribution in [0.2, 0.25) is 0 Å². The lowest BCUT2D eigenvalue weighted by Gasteiger charge is -2.21. The molecule has 1 unspecified atom stereocenters. The highest BCUT2D eigenvalue weighted by atomic mass is 16.5. The number of fused-ring (bicyclic) bond motifs is 1. The van der Waals surface area contributed by atoms with Crippen molar-refractivity contribution in [2.45, 2.75) is 19.4 Å². The molecule has 0 radical (unpaired) electrons. The van der Waals surface area contributed by atoms with Crippen LogP contribution < -0.4 is 10.1 Å². The smallest absolute Gasteiger partial charge is 0.262 e. The molecule has 1 atom stereocenters. The second-order valence-electron chi connectivity index (χ2n) is 4.91. The molecule has 0 fully saturated rings. The van der Waals surface area contributed by atoms with Gasteiger partial charge in [0.2, 0.25) is 0 Å². The average molecular weight is 278 g/mol. The van der Waals surface area contributed by atoms with Gasteiger partial charge in [-0.05, 0) is 31.5 Å². The van der Waals surface area contributed by atoms with Gasteiger partial charge in [-0.2, -0.15) is 0 Å². The summed E-state index contributed by atoms with van der Waals surface area (Å²) in [5.41, 5.74) is 1.07. The second kappa shape index (κ2) is 5.92. The third kappa shape index (κ3) is 3.27. The van der Waals surface area contributed by atoms with Crippen LogP contribution in [-0.2, 0) is 4.79 Å². The summed E-state index contributed by atoms with van der Waals surface area (Å²) in [6.45, 7) is 2.13. The largest absolute Gasteiger partial charge is 0.482 e. The lowest BCUT2D eigenvalue weighted by atomic mass is 10.1. The van der Waals surface area contributed by atoms with E-state index in [0.29, 0.717) is 30.0 Å². The van der Waals surface area contributed by atoms with Crippen LogP contribution in [0.5, 0.6) is 5.75 Å². The Morgan fingerprint density at radius 3 is 3.00 bits per heavy atom. The zero-order chi connectivity index (χ0) is 14.7. The Bertz CT molecular complexity index is 528. The van der Waals surface area contributed by atoms with Crippen LogP contribution in [0.4, 0.5) is 5.69 Å². The average Bonchev–Trinajstić information content (AvgIpc) is 2.43. The Kier molecular flexibility index (Phi) is 4.24. The van der Waals surface area contributed by atoms with Gasteiger partial charge in [-0.25, -0.2) is 0 Å². The molecule has 6 heteroatoms. The van der Waals surface area contributed by atoms with E-state index in [9.17, 15) is 14.7 Å². The Morgan fingerprint density at radius 1 is 1.55 bits per heavy atom. The van der Waals surface area contributed by atoms with Crippen molar-refractivity contribution in [3.05, 3.63) is 23.8 Å². The predicted molar refractivity (Wildman–Crippen MR) is 73.8 cm³/mol. The number of ether oxygens (including phenoxy) is 1. The van der Waals surface area contributed by atoms with Crippen LogP contribution in [0.25, 0.3) is 0 Å². The molecule has 2 amide bonds. The SMILES string of the molecule is CC(O)CCN(C)C(=O)c1ccc2c(c1)OCC(=O)N2. The van der Waals surface area contributed by atoms with E-state index in [0.717, 1.165) is 0 Å². The summed E-state index contributed by atoms with van der Waals surface area (Å²) in [7, 11) is 1.69. The summed E-state index contributed by atoms with van der Waals surface area (Å²) < 4.78 is 5.28. The molecular weight excluding hydrogens is 260 g/mol. The number of anilines is 1.